The maximum Gasteiger partial charge on any atom is 0.416 e. The van der Waals surface area contributed by atoms with E-state index < -0.39 is 11.7 Å². The van der Waals surface area contributed by atoms with E-state index in [-0.39, 0.29) is 29.8 Å². The lowest BCUT2D eigenvalue weighted by Gasteiger charge is -2.33. The Kier molecular flexibility index (Phi) is 6.07. The van der Waals surface area contributed by atoms with Gasteiger partial charge < -0.3 is 9.80 Å². The number of rotatable bonds is 4. The second kappa shape index (κ2) is 8.34. The van der Waals surface area contributed by atoms with E-state index in [1.54, 1.807) is 11.0 Å². The monoisotopic (exact) mass is 410 g/mol. The number of halogens is 3. The average Bonchev–Trinajstić information content (AvgIpc) is 3.21. The van der Waals surface area contributed by atoms with E-state index in [2.05, 4.69) is 0 Å². The van der Waals surface area contributed by atoms with Crippen LogP contribution in [-0.4, -0.2) is 41.8 Å². The van der Waals surface area contributed by atoms with Gasteiger partial charge in [0.1, 0.15) is 0 Å². The summed E-state index contributed by atoms with van der Waals surface area (Å²) in [7, 11) is 1.53. The Labute approximate surface area is 165 Å². The van der Waals surface area contributed by atoms with Crippen molar-refractivity contribution in [2.45, 2.75) is 25.6 Å². The van der Waals surface area contributed by atoms with Crippen molar-refractivity contribution in [1.29, 1.82) is 0 Å². The summed E-state index contributed by atoms with van der Waals surface area (Å²) in [6.45, 7) is 0.850. The lowest BCUT2D eigenvalue weighted by molar-refractivity contribution is -0.140. The molecule has 1 aliphatic heterocycles. The number of carbonyl (C=O) groups is 2. The molecule has 8 heteroatoms. The molecule has 2 amide bonds. The molecule has 3 rings (SSSR count). The third-order valence-electron chi connectivity index (χ3n) is 4.97. The Morgan fingerprint density at radius 1 is 1.14 bits per heavy atom. The van der Waals surface area contributed by atoms with Crippen LogP contribution in [0.25, 0.3) is 0 Å². The summed E-state index contributed by atoms with van der Waals surface area (Å²) in [6.07, 6.45) is -3.42. The van der Waals surface area contributed by atoms with Gasteiger partial charge in [0.2, 0.25) is 5.91 Å². The van der Waals surface area contributed by atoms with Crippen LogP contribution in [0.15, 0.2) is 41.8 Å². The second-order valence-electron chi connectivity index (χ2n) is 6.89. The highest BCUT2D eigenvalue weighted by atomic mass is 32.1. The smallest absolute Gasteiger partial charge is 0.341 e. The third-order valence-corrected chi connectivity index (χ3v) is 5.83. The largest absolute Gasteiger partial charge is 0.416 e. The molecule has 1 fully saturated rings. The predicted molar refractivity (Wildman–Crippen MR) is 101 cm³/mol. The highest BCUT2D eigenvalue weighted by molar-refractivity contribution is 7.12. The van der Waals surface area contributed by atoms with Crippen molar-refractivity contribution in [3.8, 4) is 0 Å². The van der Waals surface area contributed by atoms with Gasteiger partial charge in [0.05, 0.1) is 10.4 Å². The van der Waals surface area contributed by atoms with Crippen LogP contribution in [0, 0.1) is 5.92 Å². The van der Waals surface area contributed by atoms with Crippen molar-refractivity contribution < 1.29 is 22.8 Å². The van der Waals surface area contributed by atoms with E-state index in [1.807, 2.05) is 11.4 Å². The van der Waals surface area contributed by atoms with E-state index in [9.17, 15) is 22.8 Å². The summed E-state index contributed by atoms with van der Waals surface area (Å²) in [5.74, 6) is -0.496. The minimum Gasteiger partial charge on any atom is -0.341 e. The topological polar surface area (TPSA) is 40.6 Å². The van der Waals surface area contributed by atoms with Crippen LogP contribution in [0.3, 0.4) is 0 Å². The first kappa shape index (κ1) is 20.4. The van der Waals surface area contributed by atoms with E-state index in [0.717, 1.165) is 6.07 Å². The Bertz CT molecular complexity index is 828. The van der Waals surface area contributed by atoms with Crippen LogP contribution in [-0.2, 0) is 17.5 Å². The van der Waals surface area contributed by atoms with Gasteiger partial charge >= 0.3 is 6.18 Å². The molecule has 2 aromatic rings. The normalized spacial score (nSPS) is 15.5. The Hall–Kier alpha value is -2.35. The zero-order valence-electron chi connectivity index (χ0n) is 15.4. The number of alkyl halides is 3. The standard InChI is InChI=1S/C20H21F3N2O2S/c1-24(13-15-5-2-3-6-16(15)20(21,22)23)18(26)14-8-10-25(11-9-14)19(27)17-7-4-12-28-17/h2-7,12,14H,8-11,13H2,1H3. The molecule has 28 heavy (non-hydrogen) atoms. The first-order valence-corrected chi connectivity index (χ1v) is 9.88. The molecule has 1 saturated heterocycles. The van der Waals surface area contributed by atoms with Crippen LogP contribution < -0.4 is 0 Å². The molecule has 0 unspecified atom stereocenters. The maximum atomic E-state index is 13.1. The quantitative estimate of drug-likeness (QED) is 0.755. The summed E-state index contributed by atoms with van der Waals surface area (Å²) in [4.78, 5) is 28.8. The first-order chi connectivity index (χ1) is 13.3. The molecular formula is C20H21F3N2O2S. The van der Waals surface area contributed by atoms with Gasteiger partial charge in [-0.1, -0.05) is 24.3 Å². The summed E-state index contributed by atoms with van der Waals surface area (Å²) in [5, 5.41) is 1.84. The Balaban J connectivity index is 1.59. The van der Waals surface area contributed by atoms with E-state index >= 15 is 0 Å². The number of benzene rings is 1. The van der Waals surface area contributed by atoms with Crippen LogP contribution in [0.1, 0.15) is 33.6 Å². The van der Waals surface area contributed by atoms with E-state index in [1.165, 1.54) is 41.5 Å². The fraction of sp³-hybridized carbons (Fsp3) is 0.400. The summed E-state index contributed by atoms with van der Waals surface area (Å²) in [6, 6.07) is 8.90. The summed E-state index contributed by atoms with van der Waals surface area (Å²) in [5.41, 5.74) is -0.637. The van der Waals surface area contributed by atoms with Crippen LogP contribution in [0.4, 0.5) is 13.2 Å². The van der Waals surface area contributed by atoms with Gasteiger partial charge in [-0.15, -0.1) is 11.3 Å². The maximum absolute atomic E-state index is 13.1. The minimum atomic E-state index is -4.45. The number of hydrogen-bond donors (Lipinski definition) is 0. The lowest BCUT2D eigenvalue weighted by atomic mass is 9.95. The molecular weight excluding hydrogens is 389 g/mol. The molecule has 0 saturated carbocycles. The molecule has 2 heterocycles. The van der Waals surface area contributed by atoms with Crippen molar-refractivity contribution in [1.82, 2.24) is 9.80 Å². The van der Waals surface area contributed by atoms with Crippen LogP contribution >= 0.6 is 11.3 Å². The van der Waals surface area contributed by atoms with Gasteiger partial charge in [0.25, 0.3) is 5.91 Å². The van der Waals surface area contributed by atoms with Gasteiger partial charge in [-0.2, -0.15) is 13.2 Å². The van der Waals surface area contributed by atoms with E-state index in [4.69, 9.17) is 0 Å². The molecule has 1 aliphatic rings. The number of likely N-dealkylation sites (tertiary alicyclic amines) is 1. The van der Waals surface area contributed by atoms with Gasteiger partial charge in [0, 0.05) is 32.6 Å². The summed E-state index contributed by atoms with van der Waals surface area (Å²) < 4.78 is 39.4. The van der Waals surface area contributed by atoms with Crippen molar-refractivity contribution in [2.75, 3.05) is 20.1 Å². The molecule has 1 aromatic carbocycles. The van der Waals surface area contributed by atoms with Crippen LogP contribution in [0.5, 0.6) is 0 Å². The average molecular weight is 410 g/mol. The molecule has 0 bridgehead atoms. The highest BCUT2D eigenvalue weighted by Gasteiger charge is 2.34. The number of carbonyl (C=O) groups excluding carboxylic acids is 2. The Morgan fingerprint density at radius 3 is 2.43 bits per heavy atom. The molecule has 150 valence electrons. The SMILES string of the molecule is CN(Cc1ccccc1C(F)(F)F)C(=O)C1CCN(C(=O)c2cccs2)CC1. The number of nitrogens with zero attached hydrogens (tertiary/aromatic N) is 2. The van der Waals surface area contributed by atoms with Crippen molar-refractivity contribution >= 4 is 23.2 Å². The van der Waals surface area contributed by atoms with Crippen LogP contribution in [0.2, 0.25) is 0 Å². The molecule has 0 aliphatic carbocycles. The predicted octanol–water partition coefficient (Wildman–Crippen LogP) is 4.28. The number of hydrogen-bond acceptors (Lipinski definition) is 3. The molecule has 1 aromatic heterocycles. The fourth-order valence-electron chi connectivity index (χ4n) is 3.47. The molecule has 0 radical (unpaired) electrons. The minimum absolute atomic E-state index is 0.0339. The zero-order valence-corrected chi connectivity index (χ0v) is 16.2. The lowest BCUT2D eigenvalue weighted by Crippen LogP contribution is -2.43. The van der Waals surface area contributed by atoms with Gasteiger partial charge in [-0.3, -0.25) is 9.59 Å². The molecule has 4 nitrogen and oxygen atoms in total. The van der Waals surface area contributed by atoms with Gasteiger partial charge in [-0.05, 0) is 35.9 Å². The molecule has 0 spiro atoms. The van der Waals surface area contributed by atoms with Gasteiger partial charge in [0.15, 0.2) is 0 Å². The number of thiophene rings is 1. The number of amides is 2. The second-order valence-corrected chi connectivity index (χ2v) is 7.84. The Morgan fingerprint density at radius 2 is 1.82 bits per heavy atom. The first-order valence-electron chi connectivity index (χ1n) is 9.00. The van der Waals surface area contributed by atoms with Crippen molar-refractivity contribution in [2.24, 2.45) is 5.92 Å². The molecule has 0 N–H and O–H groups in total. The van der Waals surface area contributed by atoms with E-state index in [0.29, 0.717) is 30.8 Å². The third kappa shape index (κ3) is 4.55. The van der Waals surface area contributed by atoms with Gasteiger partial charge in [-0.25, -0.2) is 0 Å². The highest BCUT2D eigenvalue weighted by Crippen LogP contribution is 2.32. The summed E-state index contributed by atoms with van der Waals surface area (Å²) >= 11 is 1.38. The fourth-order valence-corrected chi connectivity index (χ4v) is 4.16. The van der Waals surface area contributed by atoms with Crippen molar-refractivity contribution in [3.63, 3.8) is 0 Å². The number of piperidine rings is 1. The molecule has 0 atom stereocenters. The van der Waals surface area contributed by atoms with Crippen molar-refractivity contribution in [3.05, 3.63) is 57.8 Å². The zero-order chi connectivity index (χ0) is 20.3.